The van der Waals surface area contributed by atoms with Gasteiger partial charge >= 0.3 is 0 Å². The van der Waals surface area contributed by atoms with Gasteiger partial charge in [0.1, 0.15) is 5.69 Å². The number of carbonyl (C=O) groups is 1. The van der Waals surface area contributed by atoms with Gasteiger partial charge in [-0.05, 0) is 12.1 Å². The largest absolute Gasteiger partial charge is 0.349 e. The highest BCUT2D eigenvalue weighted by Crippen LogP contribution is 1.92. The fraction of sp³-hybridized carbons (Fsp3) is 0.455. The monoisotopic (exact) mass is 271 g/mol. The summed E-state index contributed by atoms with van der Waals surface area (Å²) in [6.07, 6.45) is 1.57. The van der Waals surface area contributed by atoms with Gasteiger partial charge in [-0.25, -0.2) is 4.89 Å². The summed E-state index contributed by atoms with van der Waals surface area (Å²) in [7, 11) is 0. The van der Waals surface area contributed by atoms with Crippen molar-refractivity contribution in [3.8, 4) is 0 Å². The number of aromatic nitrogens is 1. The molecule has 0 aliphatic rings. The summed E-state index contributed by atoms with van der Waals surface area (Å²) in [6.45, 7) is 1.19. The minimum absolute atomic E-state index is 0.0508. The fourth-order valence-electron chi connectivity index (χ4n) is 1.31. The molecule has 0 bridgehead atoms. The molecule has 1 amide bonds. The predicted octanol–water partition coefficient (Wildman–Crippen LogP) is 0.189. The Bertz CT molecular complexity index is 351. The van der Waals surface area contributed by atoms with E-state index in [0.29, 0.717) is 24.5 Å². The van der Waals surface area contributed by atoms with Gasteiger partial charge in [-0.15, -0.1) is 0 Å². The van der Waals surface area contributed by atoms with E-state index in [2.05, 4.69) is 33.1 Å². The van der Waals surface area contributed by atoms with Gasteiger partial charge in [0.2, 0.25) is 0 Å². The van der Waals surface area contributed by atoms with Crippen molar-refractivity contribution >= 4 is 18.5 Å². The van der Waals surface area contributed by atoms with E-state index < -0.39 is 0 Å². The maximum atomic E-state index is 11.6. The van der Waals surface area contributed by atoms with Crippen LogP contribution in [0.1, 0.15) is 10.5 Å². The molecule has 7 heteroatoms. The van der Waals surface area contributed by atoms with Crippen molar-refractivity contribution in [1.29, 1.82) is 0 Å². The number of hydrogen-bond donors (Lipinski definition) is 4. The third-order valence-corrected chi connectivity index (χ3v) is 2.68. The molecule has 1 heterocycles. The number of thiol groups is 1. The van der Waals surface area contributed by atoms with Gasteiger partial charge in [-0.3, -0.25) is 15.0 Å². The molecule has 0 aromatic carbocycles. The van der Waals surface area contributed by atoms with Crippen LogP contribution in [0.2, 0.25) is 0 Å². The van der Waals surface area contributed by atoms with E-state index in [1.165, 1.54) is 0 Å². The molecule has 100 valence electrons. The second-order valence-corrected chi connectivity index (χ2v) is 3.97. The third-order valence-electron chi connectivity index (χ3n) is 2.24. The molecule has 18 heavy (non-hydrogen) atoms. The van der Waals surface area contributed by atoms with E-state index in [1.54, 1.807) is 24.4 Å². The van der Waals surface area contributed by atoms with Crippen molar-refractivity contribution in [2.75, 3.05) is 25.4 Å². The lowest BCUT2D eigenvalue weighted by molar-refractivity contribution is -0.245. The van der Waals surface area contributed by atoms with Crippen LogP contribution in [0.4, 0.5) is 0 Å². The molecule has 1 unspecified atom stereocenters. The Morgan fingerprint density at radius 3 is 2.94 bits per heavy atom. The summed E-state index contributed by atoms with van der Waals surface area (Å²) in [6, 6.07) is 5.11. The van der Waals surface area contributed by atoms with Crippen LogP contribution >= 0.6 is 12.6 Å². The summed E-state index contributed by atoms with van der Waals surface area (Å²) in [5.41, 5.74) is 0.391. The minimum atomic E-state index is -0.210. The molecule has 1 rings (SSSR count). The average molecular weight is 271 g/mol. The lowest BCUT2D eigenvalue weighted by Gasteiger charge is -2.14. The molecule has 0 saturated carbocycles. The van der Waals surface area contributed by atoms with Crippen molar-refractivity contribution in [3.63, 3.8) is 0 Å². The number of nitrogens with one attached hydrogen (secondary N) is 2. The molecule has 3 N–H and O–H groups in total. The van der Waals surface area contributed by atoms with Crippen molar-refractivity contribution in [1.82, 2.24) is 15.6 Å². The standard InChI is InChI=1S/C11H17N3O3S/c15-11(10-3-1-2-4-13-10)14-6-5-12-9(8-18)7-17-16/h1-4,9,12,16,18H,5-8H2,(H,14,15). The van der Waals surface area contributed by atoms with Crippen LogP contribution in [-0.2, 0) is 4.89 Å². The van der Waals surface area contributed by atoms with Gasteiger partial charge in [0, 0.05) is 31.1 Å². The van der Waals surface area contributed by atoms with Gasteiger partial charge in [-0.2, -0.15) is 12.6 Å². The minimum Gasteiger partial charge on any atom is -0.349 e. The molecule has 0 fully saturated rings. The normalized spacial score (nSPS) is 12.1. The summed E-state index contributed by atoms with van der Waals surface area (Å²) in [5.74, 6) is 0.326. The quantitative estimate of drug-likeness (QED) is 0.235. The van der Waals surface area contributed by atoms with Crippen LogP contribution in [0.5, 0.6) is 0 Å². The Kier molecular flexibility index (Phi) is 7.35. The molecule has 1 atom stereocenters. The van der Waals surface area contributed by atoms with Crippen LogP contribution in [-0.4, -0.2) is 47.6 Å². The average Bonchev–Trinajstić information content (AvgIpc) is 2.43. The molecule has 0 saturated heterocycles. The number of pyridine rings is 1. The van der Waals surface area contributed by atoms with Crippen molar-refractivity contribution in [2.24, 2.45) is 0 Å². The molecule has 6 nitrogen and oxygen atoms in total. The molecular weight excluding hydrogens is 254 g/mol. The SMILES string of the molecule is O=C(NCCNC(CS)COO)c1ccccn1. The summed E-state index contributed by atoms with van der Waals surface area (Å²) in [4.78, 5) is 19.6. The van der Waals surface area contributed by atoms with E-state index in [0.717, 1.165) is 0 Å². The van der Waals surface area contributed by atoms with Crippen molar-refractivity contribution in [2.45, 2.75) is 6.04 Å². The van der Waals surface area contributed by atoms with Crippen LogP contribution < -0.4 is 10.6 Å². The van der Waals surface area contributed by atoms with Crippen LogP contribution in [0.15, 0.2) is 24.4 Å². The van der Waals surface area contributed by atoms with Crippen molar-refractivity contribution < 1.29 is 14.9 Å². The summed E-state index contributed by atoms with van der Waals surface area (Å²) >= 11 is 4.10. The Balaban J connectivity index is 2.20. The van der Waals surface area contributed by atoms with Gasteiger partial charge in [0.25, 0.3) is 5.91 Å². The highest BCUT2D eigenvalue weighted by Gasteiger charge is 2.07. The van der Waals surface area contributed by atoms with Gasteiger partial charge in [0.15, 0.2) is 0 Å². The number of rotatable bonds is 8. The van der Waals surface area contributed by atoms with E-state index in [9.17, 15) is 4.79 Å². The first kappa shape index (κ1) is 14.9. The van der Waals surface area contributed by atoms with Crippen molar-refractivity contribution in [3.05, 3.63) is 30.1 Å². The van der Waals surface area contributed by atoms with Crippen LogP contribution in [0.25, 0.3) is 0 Å². The zero-order valence-electron chi connectivity index (χ0n) is 9.87. The lowest BCUT2D eigenvalue weighted by atomic mass is 10.3. The zero-order valence-corrected chi connectivity index (χ0v) is 10.8. The topological polar surface area (TPSA) is 83.5 Å². The molecular formula is C11H17N3O3S. The van der Waals surface area contributed by atoms with E-state index in [4.69, 9.17) is 5.26 Å². The first-order valence-corrected chi connectivity index (χ1v) is 6.21. The smallest absolute Gasteiger partial charge is 0.269 e. The summed E-state index contributed by atoms with van der Waals surface area (Å²) in [5, 5.41) is 14.1. The molecule has 0 spiro atoms. The first-order valence-electron chi connectivity index (χ1n) is 5.57. The van der Waals surface area contributed by atoms with Gasteiger partial charge in [-0.1, -0.05) is 6.07 Å². The van der Waals surface area contributed by atoms with E-state index >= 15 is 0 Å². The maximum Gasteiger partial charge on any atom is 0.269 e. The van der Waals surface area contributed by atoms with Crippen LogP contribution in [0, 0.1) is 0 Å². The molecule has 0 aliphatic heterocycles. The lowest BCUT2D eigenvalue weighted by Crippen LogP contribution is -2.40. The Hall–Kier alpha value is -1.15. The summed E-state index contributed by atoms with van der Waals surface area (Å²) < 4.78 is 0. The number of carbonyl (C=O) groups excluding carboxylic acids is 1. The Morgan fingerprint density at radius 1 is 1.50 bits per heavy atom. The van der Waals surface area contributed by atoms with Crippen LogP contribution in [0.3, 0.4) is 0 Å². The fourth-order valence-corrected chi connectivity index (χ4v) is 1.54. The second kappa shape index (κ2) is 8.87. The molecule has 1 aromatic rings. The number of amides is 1. The van der Waals surface area contributed by atoms with Gasteiger partial charge < -0.3 is 10.6 Å². The zero-order chi connectivity index (χ0) is 13.2. The first-order chi connectivity index (χ1) is 8.77. The highest BCUT2D eigenvalue weighted by atomic mass is 32.1. The number of nitrogens with zero attached hydrogens (tertiary/aromatic N) is 1. The third kappa shape index (κ3) is 5.46. The van der Waals surface area contributed by atoms with E-state index in [-0.39, 0.29) is 18.6 Å². The van der Waals surface area contributed by atoms with E-state index in [1.807, 2.05) is 0 Å². The second-order valence-electron chi connectivity index (χ2n) is 3.60. The highest BCUT2D eigenvalue weighted by molar-refractivity contribution is 7.80. The molecule has 0 aliphatic carbocycles. The Morgan fingerprint density at radius 2 is 2.33 bits per heavy atom. The predicted molar refractivity (Wildman–Crippen MR) is 70.8 cm³/mol. The molecule has 1 aromatic heterocycles. The molecule has 0 radical (unpaired) electrons. The number of hydrogen-bond acceptors (Lipinski definition) is 6. The maximum absolute atomic E-state index is 11.6. The van der Waals surface area contributed by atoms with Gasteiger partial charge in [0.05, 0.1) is 6.61 Å². The Labute approximate surface area is 111 Å².